The molecule has 28 heavy (non-hydrogen) atoms. The topological polar surface area (TPSA) is 0 Å². The smallest absolute Gasteiger partial charge is 0.207 e. The molecule has 1 atom stereocenters. The number of terminal acetylenes is 1. The van der Waals surface area contributed by atoms with Gasteiger partial charge in [0.1, 0.15) is 11.6 Å². The van der Waals surface area contributed by atoms with E-state index in [9.17, 15) is 22.0 Å². The molecule has 0 aliphatic carbocycles. The molecule has 0 radical (unpaired) electrons. The van der Waals surface area contributed by atoms with E-state index >= 15 is 0 Å². The number of halogens is 5. The molecule has 3 aromatic carbocycles. The minimum Gasteiger partial charge on any atom is -0.207 e. The second kappa shape index (κ2) is 7.47. The first-order valence-electron chi connectivity index (χ1n) is 8.40. The van der Waals surface area contributed by atoms with Gasteiger partial charge in [0.25, 0.3) is 0 Å². The zero-order valence-electron chi connectivity index (χ0n) is 14.6. The summed E-state index contributed by atoms with van der Waals surface area (Å²) in [6, 6.07) is 16.4. The van der Waals surface area contributed by atoms with Crippen LogP contribution in [-0.4, -0.2) is 0 Å². The molecular weight excluding hydrogens is 371 g/mol. The van der Waals surface area contributed by atoms with Crippen LogP contribution in [0.2, 0.25) is 0 Å². The molecule has 0 saturated carbocycles. The molecule has 5 heteroatoms. The molecule has 0 nitrogen and oxygen atoms in total. The van der Waals surface area contributed by atoms with Crippen LogP contribution >= 0.6 is 0 Å². The maximum atomic E-state index is 14.1. The second-order valence-corrected chi connectivity index (χ2v) is 6.45. The van der Waals surface area contributed by atoms with Gasteiger partial charge in [-0.15, -0.1) is 6.42 Å². The van der Waals surface area contributed by atoms with Crippen molar-refractivity contribution >= 4 is 0 Å². The monoisotopic (exact) mass is 386 g/mol. The lowest BCUT2D eigenvalue weighted by Crippen LogP contribution is -2.29. The number of hydrogen-bond acceptors (Lipinski definition) is 0. The molecule has 0 heterocycles. The SMILES string of the molecule is C#C[C@@](Cc1ccccc1)(c1ccc(F)cc1)c1cc(F)cc(C(F)(F)F)c1. The van der Waals surface area contributed by atoms with E-state index in [0.717, 1.165) is 17.7 Å². The van der Waals surface area contributed by atoms with Crippen LogP contribution in [0.4, 0.5) is 22.0 Å². The van der Waals surface area contributed by atoms with E-state index in [0.29, 0.717) is 11.6 Å². The fourth-order valence-electron chi connectivity index (χ4n) is 3.22. The van der Waals surface area contributed by atoms with Crippen molar-refractivity contribution in [3.05, 3.63) is 107 Å². The van der Waals surface area contributed by atoms with Crippen molar-refractivity contribution in [1.82, 2.24) is 0 Å². The van der Waals surface area contributed by atoms with E-state index in [1.54, 1.807) is 30.3 Å². The van der Waals surface area contributed by atoms with Gasteiger partial charge >= 0.3 is 6.18 Å². The molecule has 0 saturated heterocycles. The van der Waals surface area contributed by atoms with Crippen molar-refractivity contribution < 1.29 is 22.0 Å². The van der Waals surface area contributed by atoms with E-state index in [2.05, 4.69) is 5.92 Å². The molecule has 0 aliphatic rings. The van der Waals surface area contributed by atoms with Crippen LogP contribution < -0.4 is 0 Å². The Bertz CT molecular complexity index is 998. The summed E-state index contributed by atoms with van der Waals surface area (Å²) in [5.41, 5.74) is -1.39. The van der Waals surface area contributed by atoms with Crippen molar-refractivity contribution in [2.45, 2.75) is 18.0 Å². The largest absolute Gasteiger partial charge is 0.416 e. The van der Waals surface area contributed by atoms with E-state index in [-0.39, 0.29) is 12.0 Å². The van der Waals surface area contributed by atoms with Crippen molar-refractivity contribution in [3.63, 3.8) is 0 Å². The van der Waals surface area contributed by atoms with Crippen LogP contribution in [0.15, 0.2) is 72.8 Å². The molecule has 0 aliphatic heterocycles. The predicted molar refractivity (Wildman–Crippen MR) is 97.6 cm³/mol. The highest BCUT2D eigenvalue weighted by molar-refractivity contribution is 5.50. The Hall–Kier alpha value is -3.13. The Morgan fingerprint density at radius 1 is 0.714 bits per heavy atom. The fourth-order valence-corrected chi connectivity index (χ4v) is 3.22. The Kier molecular flexibility index (Phi) is 5.24. The van der Waals surface area contributed by atoms with Gasteiger partial charge in [0.2, 0.25) is 0 Å². The molecule has 0 aromatic heterocycles. The highest BCUT2D eigenvalue weighted by Crippen LogP contribution is 2.39. The van der Waals surface area contributed by atoms with Crippen LogP contribution in [0.1, 0.15) is 22.3 Å². The lowest BCUT2D eigenvalue weighted by molar-refractivity contribution is -0.137. The number of rotatable bonds is 4. The molecule has 0 amide bonds. The normalized spacial score (nSPS) is 13.6. The van der Waals surface area contributed by atoms with Crippen LogP contribution in [-0.2, 0) is 18.0 Å². The molecule has 3 aromatic rings. The average molecular weight is 386 g/mol. The Morgan fingerprint density at radius 2 is 1.32 bits per heavy atom. The summed E-state index contributed by atoms with van der Waals surface area (Å²) in [6.45, 7) is 0. The molecule has 0 fully saturated rings. The Morgan fingerprint density at radius 3 is 1.89 bits per heavy atom. The highest BCUT2D eigenvalue weighted by atomic mass is 19.4. The lowest BCUT2D eigenvalue weighted by Gasteiger charge is -2.31. The lowest BCUT2D eigenvalue weighted by atomic mass is 9.70. The minimum atomic E-state index is -4.73. The van der Waals surface area contributed by atoms with Gasteiger partial charge in [-0.05, 0) is 53.4 Å². The molecule has 0 unspecified atom stereocenters. The zero-order chi connectivity index (χ0) is 20.4. The summed E-state index contributed by atoms with van der Waals surface area (Å²) in [4.78, 5) is 0. The highest BCUT2D eigenvalue weighted by Gasteiger charge is 2.37. The van der Waals surface area contributed by atoms with Crippen LogP contribution in [0.3, 0.4) is 0 Å². The third-order valence-corrected chi connectivity index (χ3v) is 4.61. The number of benzene rings is 3. The molecule has 3 rings (SSSR count). The Balaban J connectivity index is 2.26. The summed E-state index contributed by atoms with van der Waals surface area (Å²) in [7, 11) is 0. The quantitative estimate of drug-likeness (QED) is 0.373. The van der Waals surface area contributed by atoms with E-state index < -0.39 is 28.8 Å². The van der Waals surface area contributed by atoms with Crippen molar-refractivity contribution in [3.8, 4) is 12.3 Å². The van der Waals surface area contributed by atoms with E-state index in [1.807, 2.05) is 0 Å². The van der Waals surface area contributed by atoms with Gasteiger partial charge < -0.3 is 0 Å². The van der Waals surface area contributed by atoms with Gasteiger partial charge in [-0.25, -0.2) is 8.78 Å². The first-order chi connectivity index (χ1) is 13.2. The molecule has 0 spiro atoms. The van der Waals surface area contributed by atoms with Crippen molar-refractivity contribution in [2.75, 3.05) is 0 Å². The third kappa shape index (κ3) is 3.91. The minimum absolute atomic E-state index is 0.0159. The summed E-state index contributed by atoms with van der Waals surface area (Å²) < 4.78 is 67.3. The van der Waals surface area contributed by atoms with Gasteiger partial charge in [-0.2, -0.15) is 13.2 Å². The summed E-state index contributed by atoms with van der Waals surface area (Å²) >= 11 is 0. The number of hydrogen-bond donors (Lipinski definition) is 0. The number of alkyl halides is 3. The first-order valence-corrected chi connectivity index (χ1v) is 8.40. The second-order valence-electron chi connectivity index (χ2n) is 6.45. The molecule has 0 N–H and O–H groups in total. The summed E-state index contributed by atoms with van der Waals surface area (Å²) in [6.07, 6.45) is 1.21. The van der Waals surface area contributed by atoms with Crippen molar-refractivity contribution in [2.24, 2.45) is 0 Å². The third-order valence-electron chi connectivity index (χ3n) is 4.61. The van der Waals surface area contributed by atoms with Crippen LogP contribution in [0.5, 0.6) is 0 Å². The van der Waals surface area contributed by atoms with E-state index in [1.165, 1.54) is 24.3 Å². The van der Waals surface area contributed by atoms with Gasteiger partial charge in [0.05, 0.1) is 11.0 Å². The van der Waals surface area contributed by atoms with Gasteiger partial charge in [0, 0.05) is 0 Å². The van der Waals surface area contributed by atoms with Gasteiger partial charge in [0.15, 0.2) is 0 Å². The molecular formula is C23H15F5. The van der Waals surface area contributed by atoms with Gasteiger partial charge in [-0.3, -0.25) is 0 Å². The standard InChI is InChI=1S/C23H15F5/c1-2-22(15-16-6-4-3-5-7-16,17-8-10-20(24)11-9-17)18-12-19(23(26,27)28)14-21(25)13-18/h1,3-14H,15H2/t22-/m1/s1. The summed E-state index contributed by atoms with van der Waals surface area (Å²) in [5, 5.41) is 0. The maximum absolute atomic E-state index is 14.1. The predicted octanol–water partition coefficient (Wildman–Crippen LogP) is 6.15. The Labute approximate surface area is 159 Å². The zero-order valence-corrected chi connectivity index (χ0v) is 14.6. The fraction of sp³-hybridized carbons (Fsp3) is 0.130. The van der Waals surface area contributed by atoms with Crippen molar-refractivity contribution in [1.29, 1.82) is 0 Å². The summed E-state index contributed by atoms with van der Waals surface area (Å²) in [5.74, 6) is 1.01. The maximum Gasteiger partial charge on any atom is 0.416 e. The van der Waals surface area contributed by atoms with E-state index in [4.69, 9.17) is 6.42 Å². The molecule has 0 bridgehead atoms. The van der Waals surface area contributed by atoms with Gasteiger partial charge in [-0.1, -0.05) is 48.4 Å². The van der Waals surface area contributed by atoms with Crippen LogP contribution in [0.25, 0.3) is 0 Å². The first kappa shape index (κ1) is 19.6. The molecule has 142 valence electrons. The average Bonchev–Trinajstić information content (AvgIpc) is 2.66. The van der Waals surface area contributed by atoms with Crippen LogP contribution in [0, 0.1) is 24.0 Å².